The first-order valence-electron chi connectivity index (χ1n) is 14.4. The Labute approximate surface area is 240 Å². The van der Waals surface area contributed by atoms with Gasteiger partial charge < -0.3 is 13.7 Å². The SMILES string of the molecule is CC1(C)OB(c2ccc3c(c2)-c2c(ccc4c2oc2ccccc24)C3(c2ccccc2)c2ccccc2)OC1(C)C. The Hall–Kier alpha value is -4.12. The summed E-state index contributed by atoms with van der Waals surface area (Å²) >= 11 is 0. The van der Waals surface area contributed by atoms with E-state index in [0.29, 0.717) is 0 Å². The number of para-hydroxylation sites is 1. The lowest BCUT2D eigenvalue weighted by atomic mass is 9.67. The highest BCUT2D eigenvalue weighted by Gasteiger charge is 2.53. The lowest BCUT2D eigenvalue weighted by molar-refractivity contribution is 0.00578. The van der Waals surface area contributed by atoms with E-state index in [9.17, 15) is 0 Å². The van der Waals surface area contributed by atoms with Crippen molar-refractivity contribution in [2.24, 2.45) is 0 Å². The fourth-order valence-electron chi connectivity index (χ4n) is 6.90. The minimum Gasteiger partial charge on any atom is -0.455 e. The first kappa shape index (κ1) is 24.7. The molecule has 41 heavy (non-hydrogen) atoms. The summed E-state index contributed by atoms with van der Waals surface area (Å²) < 4.78 is 19.7. The molecule has 6 aromatic rings. The average Bonchev–Trinajstić information content (AvgIpc) is 3.58. The summed E-state index contributed by atoms with van der Waals surface area (Å²) in [6, 6.07) is 41.3. The van der Waals surface area contributed by atoms with Gasteiger partial charge in [-0.2, -0.15) is 0 Å². The van der Waals surface area contributed by atoms with Gasteiger partial charge in [0.1, 0.15) is 11.2 Å². The van der Waals surface area contributed by atoms with E-state index in [1.54, 1.807) is 0 Å². The van der Waals surface area contributed by atoms with Crippen LogP contribution in [0.2, 0.25) is 0 Å². The summed E-state index contributed by atoms with van der Waals surface area (Å²) in [6.07, 6.45) is 0. The summed E-state index contributed by atoms with van der Waals surface area (Å²) in [4.78, 5) is 0. The molecule has 1 saturated heterocycles. The van der Waals surface area contributed by atoms with Crippen molar-refractivity contribution in [2.45, 2.75) is 44.3 Å². The van der Waals surface area contributed by atoms with Crippen LogP contribution in [0, 0.1) is 0 Å². The van der Waals surface area contributed by atoms with Gasteiger partial charge in [-0.25, -0.2) is 0 Å². The summed E-state index contributed by atoms with van der Waals surface area (Å²) in [5.41, 5.74) is 8.70. The summed E-state index contributed by atoms with van der Waals surface area (Å²) in [5.74, 6) is 0. The quantitative estimate of drug-likeness (QED) is 0.214. The van der Waals surface area contributed by atoms with E-state index in [1.807, 2.05) is 6.07 Å². The highest BCUT2D eigenvalue weighted by atomic mass is 16.7. The van der Waals surface area contributed by atoms with E-state index in [4.69, 9.17) is 13.7 Å². The Morgan fingerprint density at radius 1 is 0.561 bits per heavy atom. The monoisotopic (exact) mass is 534 g/mol. The number of fused-ring (bicyclic) bond motifs is 7. The molecular weight excluding hydrogens is 503 g/mol. The highest BCUT2D eigenvalue weighted by Crippen LogP contribution is 2.58. The molecule has 1 fully saturated rings. The van der Waals surface area contributed by atoms with E-state index in [0.717, 1.165) is 38.5 Å². The minimum atomic E-state index is -0.505. The van der Waals surface area contributed by atoms with Crippen LogP contribution in [0.1, 0.15) is 49.9 Å². The zero-order valence-electron chi connectivity index (χ0n) is 23.8. The van der Waals surface area contributed by atoms with Crippen LogP contribution in [0.5, 0.6) is 0 Å². The zero-order chi connectivity index (χ0) is 28.0. The molecule has 0 N–H and O–H groups in total. The molecule has 1 aliphatic heterocycles. The molecule has 0 amide bonds. The highest BCUT2D eigenvalue weighted by molar-refractivity contribution is 6.62. The maximum atomic E-state index is 6.69. The number of rotatable bonds is 3. The molecule has 5 aromatic carbocycles. The van der Waals surface area contributed by atoms with Gasteiger partial charge in [0.2, 0.25) is 0 Å². The number of benzene rings is 5. The Morgan fingerprint density at radius 2 is 1.15 bits per heavy atom. The maximum Gasteiger partial charge on any atom is 0.494 e. The topological polar surface area (TPSA) is 31.6 Å². The van der Waals surface area contributed by atoms with E-state index in [1.165, 1.54) is 22.3 Å². The van der Waals surface area contributed by atoms with Gasteiger partial charge in [0, 0.05) is 16.3 Å². The summed E-state index contributed by atoms with van der Waals surface area (Å²) in [6.45, 7) is 8.40. The number of furan rings is 1. The summed E-state index contributed by atoms with van der Waals surface area (Å²) in [5, 5.41) is 2.26. The van der Waals surface area contributed by atoms with Gasteiger partial charge in [-0.05, 0) is 67.0 Å². The third-order valence-corrected chi connectivity index (χ3v) is 9.61. The molecule has 4 heteroatoms. The van der Waals surface area contributed by atoms with Crippen molar-refractivity contribution < 1.29 is 13.7 Å². The van der Waals surface area contributed by atoms with Crippen molar-refractivity contribution >= 4 is 34.5 Å². The first-order valence-corrected chi connectivity index (χ1v) is 14.4. The standard InChI is InChI=1S/C37H31BO3/c1-35(2)36(3,4)41-38(40-35)26-19-21-30-29(23-26)33-31(22-20-28-27-17-11-12-18-32(27)39-34(28)33)37(30,24-13-7-5-8-14-24)25-15-9-6-10-16-25/h5-23H,1-4H3. The number of hydrogen-bond donors (Lipinski definition) is 0. The second-order valence-corrected chi connectivity index (χ2v) is 12.3. The van der Waals surface area contributed by atoms with E-state index < -0.39 is 23.7 Å². The first-order chi connectivity index (χ1) is 19.8. The van der Waals surface area contributed by atoms with Crippen LogP contribution in [0.15, 0.2) is 120 Å². The van der Waals surface area contributed by atoms with Gasteiger partial charge in [-0.15, -0.1) is 0 Å². The van der Waals surface area contributed by atoms with Crippen LogP contribution in [-0.4, -0.2) is 18.3 Å². The zero-order valence-corrected chi connectivity index (χ0v) is 23.8. The van der Waals surface area contributed by atoms with Crippen LogP contribution < -0.4 is 5.46 Å². The fraction of sp³-hybridized carbons (Fsp3) is 0.189. The molecule has 2 heterocycles. The van der Waals surface area contributed by atoms with Crippen molar-refractivity contribution in [1.29, 1.82) is 0 Å². The average molecular weight is 534 g/mol. The van der Waals surface area contributed by atoms with Crippen LogP contribution in [0.25, 0.3) is 33.1 Å². The van der Waals surface area contributed by atoms with Crippen molar-refractivity contribution in [3.63, 3.8) is 0 Å². The third-order valence-electron chi connectivity index (χ3n) is 9.61. The van der Waals surface area contributed by atoms with E-state index in [-0.39, 0.29) is 0 Å². The van der Waals surface area contributed by atoms with Gasteiger partial charge in [0.15, 0.2) is 0 Å². The van der Waals surface area contributed by atoms with Gasteiger partial charge >= 0.3 is 7.12 Å². The smallest absolute Gasteiger partial charge is 0.455 e. The molecule has 3 nitrogen and oxygen atoms in total. The largest absolute Gasteiger partial charge is 0.494 e. The molecule has 1 aromatic heterocycles. The second kappa shape index (κ2) is 8.45. The van der Waals surface area contributed by atoms with Crippen LogP contribution in [0.3, 0.4) is 0 Å². The predicted octanol–water partition coefficient (Wildman–Crippen LogP) is 8.25. The molecule has 0 spiro atoms. The molecule has 8 rings (SSSR count). The molecule has 0 unspecified atom stereocenters. The minimum absolute atomic E-state index is 0.418. The number of hydrogen-bond acceptors (Lipinski definition) is 3. The molecule has 0 radical (unpaired) electrons. The summed E-state index contributed by atoms with van der Waals surface area (Å²) in [7, 11) is -0.452. The van der Waals surface area contributed by atoms with Crippen LogP contribution >= 0.6 is 0 Å². The van der Waals surface area contributed by atoms with Crippen LogP contribution in [0.4, 0.5) is 0 Å². The molecule has 0 bridgehead atoms. The fourth-order valence-corrected chi connectivity index (χ4v) is 6.90. The van der Waals surface area contributed by atoms with Gasteiger partial charge in [0.05, 0.1) is 16.6 Å². The Balaban J connectivity index is 1.48. The van der Waals surface area contributed by atoms with Crippen molar-refractivity contribution in [3.05, 3.63) is 138 Å². The van der Waals surface area contributed by atoms with Crippen molar-refractivity contribution in [3.8, 4) is 11.1 Å². The van der Waals surface area contributed by atoms with Crippen molar-refractivity contribution in [1.82, 2.24) is 0 Å². The second-order valence-electron chi connectivity index (χ2n) is 12.3. The van der Waals surface area contributed by atoms with Crippen LogP contribution in [-0.2, 0) is 14.7 Å². The molecule has 0 saturated carbocycles. The lowest BCUT2D eigenvalue weighted by Crippen LogP contribution is -2.41. The maximum absolute atomic E-state index is 6.69. The lowest BCUT2D eigenvalue weighted by Gasteiger charge is -2.33. The molecular formula is C37H31BO3. The van der Waals surface area contributed by atoms with Gasteiger partial charge in [-0.3, -0.25) is 0 Å². The Kier molecular flexibility index (Phi) is 5.08. The Bertz CT molecular complexity index is 1900. The third kappa shape index (κ3) is 3.29. The van der Waals surface area contributed by atoms with Gasteiger partial charge in [-0.1, -0.05) is 109 Å². The van der Waals surface area contributed by atoms with E-state index in [2.05, 4.69) is 137 Å². The van der Waals surface area contributed by atoms with E-state index >= 15 is 0 Å². The molecule has 0 atom stereocenters. The molecule has 2 aliphatic rings. The Morgan fingerprint density at radius 3 is 1.80 bits per heavy atom. The van der Waals surface area contributed by atoms with Gasteiger partial charge in [0.25, 0.3) is 0 Å². The predicted molar refractivity (Wildman–Crippen MR) is 167 cm³/mol. The molecule has 200 valence electrons. The molecule has 1 aliphatic carbocycles. The van der Waals surface area contributed by atoms with Crippen molar-refractivity contribution in [2.75, 3.05) is 0 Å². The normalized spacial score (nSPS) is 18.1.